The van der Waals surface area contributed by atoms with Gasteiger partial charge in [-0.2, -0.15) is 0 Å². The van der Waals surface area contributed by atoms with Gasteiger partial charge in [0.1, 0.15) is 0 Å². The van der Waals surface area contributed by atoms with Gasteiger partial charge in [0.25, 0.3) is 5.91 Å². The van der Waals surface area contributed by atoms with Gasteiger partial charge >= 0.3 is 0 Å². The minimum atomic E-state index is 0.0799. The number of hydrogen-bond donors (Lipinski definition) is 0. The standard InChI is InChI=1S/C13H18ClNO3S/c1-17-6-7-18-9-10-4-5-15(8-10)13(16)11-2-3-12(14)19-11/h2-3,10H,4-9H2,1H3/t10-/m1/s1. The highest BCUT2D eigenvalue weighted by molar-refractivity contribution is 7.17. The smallest absolute Gasteiger partial charge is 0.263 e. The average Bonchev–Trinajstić information content (AvgIpc) is 3.03. The number of nitrogens with zero attached hydrogens (tertiary/aromatic N) is 1. The molecule has 1 aromatic heterocycles. The van der Waals surface area contributed by atoms with Crippen LogP contribution in [0.3, 0.4) is 0 Å². The molecule has 0 radical (unpaired) electrons. The minimum absolute atomic E-state index is 0.0799. The Morgan fingerprint density at radius 2 is 2.37 bits per heavy atom. The summed E-state index contributed by atoms with van der Waals surface area (Å²) in [5.41, 5.74) is 0. The summed E-state index contributed by atoms with van der Waals surface area (Å²) in [7, 11) is 1.66. The molecule has 0 aromatic carbocycles. The van der Waals surface area contributed by atoms with E-state index in [1.54, 1.807) is 19.2 Å². The molecule has 1 aliphatic rings. The second kappa shape index (κ2) is 7.24. The fraction of sp³-hybridized carbons (Fsp3) is 0.615. The van der Waals surface area contributed by atoms with Crippen LogP contribution < -0.4 is 0 Å². The quantitative estimate of drug-likeness (QED) is 0.758. The third kappa shape index (κ3) is 4.18. The Morgan fingerprint density at radius 1 is 1.53 bits per heavy atom. The van der Waals surface area contributed by atoms with Gasteiger partial charge in [0.2, 0.25) is 0 Å². The van der Waals surface area contributed by atoms with Crippen LogP contribution in [0.15, 0.2) is 12.1 Å². The number of carbonyl (C=O) groups excluding carboxylic acids is 1. The summed E-state index contributed by atoms with van der Waals surface area (Å²) in [6.45, 7) is 3.48. The van der Waals surface area contributed by atoms with Gasteiger partial charge < -0.3 is 14.4 Å². The number of methoxy groups -OCH3 is 1. The lowest BCUT2D eigenvalue weighted by molar-refractivity contribution is 0.0516. The molecule has 0 aliphatic carbocycles. The molecule has 0 unspecified atom stereocenters. The Labute approximate surface area is 122 Å². The summed E-state index contributed by atoms with van der Waals surface area (Å²) in [6, 6.07) is 3.55. The van der Waals surface area contributed by atoms with E-state index in [1.165, 1.54) is 11.3 Å². The molecule has 6 heteroatoms. The molecular formula is C13H18ClNO3S. The topological polar surface area (TPSA) is 38.8 Å². The number of thiophene rings is 1. The maximum atomic E-state index is 12.2. The zero-order valence-electron chi connectivity index (χ0n) is 10.9. The molecule has 0 spiro atoms. The van der Waals surface area contributed by atoms with Crippen molar-refractivity contribution in [3.63, 3.8) is 0 Å². The Kier molecular flexibility index (Phi) is 5.63. The van der Waals surface area contributed by atoms with Crippen molar-refractivity contribution in [2.75, 3.05) is 40.0 Å². The Hall–Kier alpha value is -0.620. The molecule has 4 nitrogen and oxygen atoms in total. The van der Waals surface area contributed by atoms with Crippen molar-refractivity contribution in [2.24, 2.45) is 5.92 Å². The molecule has 1 aliphatic heterocycles. The number of likely N-dealkylation sites (tertiary alicyclic amines) is 1. The normalized spacial score (nSPS) is 19.1. The van der Waals surface area contributed by atoms with Crippen LogP contribution in [0, 0.1) is 5.92 Å². The van der Waals surface area contributed by atoms with Gasteiger partial charge in [-0.15, -0.1) is 11.3 Å². The fourth-order valence-corrected chi connectivity index (χ4v) is 3.14. The Balaban J connectivity index is 1.76. The van der Waals surface area contributed by atoms with Crippen molar-refractivity contribution in [2.45, 2.75) is 6.42 Å². The molecular weight excluding hydrogens is 286 g/mol. The van der Waals surface area contributed by atoms with Gasteiger partial charge in [0.15, 0.2) is 0 Å². The Bertz CT molecular complexity index is 424. The molecule has 1 aromatic rings. The maximum absolute atomic E-state index is 12.2. The highest BCUT2D eigenvalue weighted by Crippen LogP contribution is 2.25. The monoisotopic (exact) mass is 303 g/mol. The van der Waals surface area contributed by atoms with Gasteiger partial charge in [0.05, 0.1) is 29.0 Å². The molecule has 0 N–H and O–H groups in total. The fourth-order valence-electron chi connectivity index (χ4n) is 2.13. The molecule has 1 fully saturated rings. The lowest BCUT2D eigenvalue weighted by Crippen LogP contribution is -2.28. The van der Waals surface area contributed by atoms with Crippen molar-refractivity contribution < 1.29 is 14.3 Å². The second-order valence-corrected chi connectivity index (χ2v) is 6.29. The van der Waals surface area contributed by atoms with E-state index in [-0.39, 0.29) is 5.91 Å². The number of ether oxygens (including phenoxy) is 2. The summed E-state index contributed by atoms with van der Waals surface area (Å²) in [5, 5.41) is 0. The second-order valence-electron chi connectivity index (χ2n) is 4.58. The van der Waals surface area contributed by atoms with E-state index in [0.29, 0.717) is 35.0 Å². The Morgan fingerprint density at radius 3 is 3.05 bits per heavy atom. The van der Waals surface area contributed by atoms with Crippen LogP contribution in [-0.4, -0.2) is 50.8 Å². The minimum Gasteiger partial charge on any atom is -0.382 e. The van der Waals surface area contributed by atoms with Gasteiger partial charge in [0, 0.05) is 26.1 Å². The van der Waals surface area contributed by atoms with Crippen LogP contribution in [-0.2, 0) is 9.47 Å². The summed E-state index contributed by atoms with van der Waals surface area (Å²) < 4.78 is 11.1. The SMILES string of the molecule is COCCOC[C@@H]1CCN(C(=O)c2ccc(Cl)s2)C1. The van der Waals surface area contributed by atoms with E-state index in [4.69, 9.17) is 21.1 Å². The van der Waals surface area contributed by atoms with Crippen LogP contribution >= 0.6 is 22.9 Å². The molecule has 1 amide bonds. The predicted molar refractivity (Wildman–Crippen MR) is 76.0 cm³/mol. The van der Waals surface area contributed by atoms with Crippen LogP contribution in [0.1, 0.15) is 16.1 Å². The van der Waals surface area contributed by atoms with Crippen molar-refractivity contribution in [3.05, 3.63) is 21.3 Å². The summed E-state index contributed by atoms with van der Waals surface area (Å²) in [5.74, 6) is 0.507. The van der Waals surface area contributed by atoms with Gasteiger partial charge in [-0.05, 0) is 18.6 Å². The first-order chi connectivity index (χ1) is 9.20. The molecule has 19 heavy (non-hydrogen) atoms. The maximum Gasteiger partial charge on any atom is 0.263 e. The third-order valence-electron chi connectivity index (χ3n) is 3.14. The van der Waals surface area contributed by atoms with Crippen molar-refractivity contribution in [3.8, 4) is 0 Å². The summed E-state index contributed by atoms with van der Waals surface area (Å²) >= 11 is 7.19. The highest BCUT2D eigenvalue weighted by Gasteiger charge is 2.27. The van der Waals surface area contributed by atoms with Gasteiger partial charge in [-0.3, -0.25) is 4.79 Å². The van der Waals surface area contributed by atoms with E-state index < -0.39 is 0 Å². The van der Waals surface area contributed by atoms with E-state index in [1.807, 2.05) is 4.90 Å². The molecule has 0 saturated carbocycles. The first kappa shape index (κ1) is 14.8. The van der Waals surface area contributed by atoms with Crippen LogP contribution in [0.4, 0.5) is 0 Å². The lowest BCUT2D eigenvalue weighted by atomic mass is 10.1. The van der Waals surface area contributed by atoms with Crippen LogP contribution in [0.25, 0.3) is 0 Å². The molecule has 2 heterocycles. The predicted octanol–water partition coefficient (Wildman–Crippen LogP) is 2.53. The van der Waals surface area contributed by atoms with E-state index in [2.05, 4.69) is 0 Å². The first-order valence-electron chi connectivity index (χ1n) is 6.32. The number of rotatable bonds is 6. The van der Waals surface area contributed by atoms with Crippen molar-refractivity contribution >= 4 is 28.8 Å². The number of carbonyl (C=O) groups is 1. The summed E-state index contributed by atoms with van der Waals surface area (Å²) in [4.78, 5) is 14.8. The molecule has 106 valence electrons. The van der Waals surface area contributed by atoms with E-state index in [9.17, 15) is 4.79 Å². The number of hydrogen-bond acceptors (Lipinski definition) is 4. The summed E-state index contributed by atoms with van der Waals surface area (Å²) in [6.07, 6.45) is 0.998. The largest absolute Gasteiger partial charge is 0.382 e. The average molecular weight is 304 g/mol. The lowest BCUT2D eigenvalue weighted by Gasteiger charge is -2.15. The number of amides is 1. The highest BCUT2D eigenvalue weighted by atomic mass is 35.5. The van der Waals surface area contributed by atoms with Gasteiger partial charge in [-0.1, -0.05) is 11.6 Å². The zero-order valence-corrected chi connectivity index (χ0v) is 12.5. The van der Waals surface area contributed by atoms with Crippen LogP contribution in [0.2, 0.25) is 4.34 Å². The van der Waals surface area contributed by atoms with E-state index >= 15 is 0 Å². The van der Waals surface area contributed by atoms with Crippen molar-refractivity contribution in [1.29, 1.82) is 0 Å². The van der Waals surface area contributed by atoms with Crippen molar-refractivity contribution in [1.82, 2.24) is 4.90 Å². The molecule has 2 rings (SSSR count). The van der Waals surface area contributed by atoms with Gasteiger partial charge in [-0.25, -0.2) is 0 Å². The zero-order chi connectivity index (χ0) is 13.7. The number of halogens is 1. The molecule has 1 saturated heterocycles. The van der Waals surface area contributed by atoms with E-state index in [0.717, 1.165) is 19.5 Å². The molecule has 1 atom stereocenters. The third-order valence-corrected chi connectivity index (χ3v) is 4.36. The van der Waals surface area contributed by atoms with Crippen LogP contribution in [0.5, 0.6) is 0 Å². The first-order valence-corrected chi connectivity index (χ1v) is 7.51. The molecule has 0 bridgehead atoms.